The number of aryl methyl sites for hydroxylation is 2. The van der Waals surface area contributed by atoms with Gasteiger partial charge in [0.05, 0.1) is 42.2 Å². The molecule has 0 aliphatic heterocycles. The maximum atomic E-state index is 11.1. The Kier molecular flexibility index (Phi) is 8.01. The standard InChI is InChI=1S/C16H10N4.C15H10N4O2/c1-11-5-4-6-12(7-11)20-10-19-15-8-13(17-2)14(18-3)9-16(15)20;1-10-5-4-6-11(7-10)18-14-8-12(16-2)13(17-3)9-15(14)19(20)21/h4-10H,1H3;4-9,18H,1H3. The minimum absolute atomic E-state index is 0.0218. The molecule has 41 heavy (non-hydrogen) atoms. The van der Waals surface area contributed by atoms with Gasteiger partial charge in [-0.1, -0.05) is 24.3 Å². The van der Waals surface area contributed by atoms with E-state index in [-0.39, 0.29) is 22.7 Å². The van der Waals surface area contributed by atoms with Crippen LogP contribution in [0.3, 0.4) is 0 Å². The van der Waals surface area contributed by atoms with Gasteiger partial charge in [-0.25, -0.2) is 9.83 Å². The lowest BCUT2D eigenvalue weighted by Crippen LogP contribution is -1.97. The van der Waals surface area contributed by atoms with Crippen LogP contribution in [-0.2, 0) is 0 Å². The number of nitro benzene ring substituents is 1. The molecule has 5 rings (SSSR count). The number of imidazole rings is 1. The number of rotatable bonds is 4. The van der Waals surface area contributed by atoms with Crippen LogP contribution in [0.2, 0.25) is 0 Å². The molecule has 0 amide bonds. The smallest absolute Gasteiger partial charge is 0.279 e. The monoisotopic (exact) mass is 536 g/mol. The lowest BCUT2D eigenvalue weighted by molar-refractivity contribution is -0.383. The van der Waals surface area contributed by atoms with E-state index in [2.05, 4.69) is 35.7 Å². The maximum Gasteiger partial charge on any atom is 0.279 e. The summed E-state index contributed by atoms with van der Waals surface area (Å²) in [5.41, 5.74) is 6.17. The highest BCUT2D eigenvalue weighted by atomic mass is 16.6. The Morgan fingerprint density at radius 3 is 1.98 bits per heavy atom. The molecule has 5 aromatic rings. The first-order valence-electron chi connectivity index (χ1n) is 12.0. The van der Waals surface area contributed by atoms with Crippen molar-refractivity contribution in [1.82, 2.24) is 9.55 Å². The van der Waals surface area contributed by atoms with E-state index < -0.39 is 4.92 Å². The van der Waals surface area contributed by atoms with Crippen LogP contribution in [0.25, 0.3) is 36.1 Å². The van der Waals surface area contributed by atoms with Crippen LogP contribution in [0, 0.1) is 50.3 Å². The van der Waals surface area contributed by atoms with E-state index in [1.54, 1.807) is 24.5 Å². The fourth-order valence-corrected chi connectivity index (χ4v) is 4.07. The molecular weight excluding hydrogens is 516 g/mol. The van der Waals surface area contributed by atoms with Gasteiger partial charge in [-0.3, -0.25) is 24.6 Å². The molecule has 1 heterocycles. The van der Waals surface area contributed by atoms with Gasteiger partial charge >= 0.3 is 0 Å². The fraction of sp³-hybridized carbons (Fsp3) is 0.0645. The summed E-state index contributed by atoms with van der Waals surface area (Å²) in [5, 5.41) is 14.1. The quantitative estimate of drug-likeness (QED) is 0.141. The maximum absolute atomic E-state index is 11.1. The second-order valence-electron chi connectivity index (χ2n) is 8.84. The zero-order valence-electron chi connectivity index (χ0n) is 22.0. The number of anilines is 2. The predicted octanol–water partition coefficient (Wildman–Crippen LogP) is 9.18. The lowest BCUT2D eigenvalue weighted by atomic mass is 10.2. The fourth-order valence-electron chi connectivity index (χ4n) is 4.07. The molecule has 0 unspecified atom stereocenters. The van der Waals surface area contributed by atoms with Crippen molar-refractivity contribution >= 4 is 50.8 Å². The second kappa shape index (κ2) is 11.9. The summed E-state index contributed by atoms with van der Waals surface area (Å²) in [5.74, 6) is 0. The SMILES string of the molecule is [C-]#[N+]c1cc(Nc2cccc(C)c2)c([N+](=O)[O-])cc1[N+]#[C-].[C-]#[N+]c1cc2ncn(-c3cccc(C)c3)c2cc1[N+]#[C-]. The summed E-state index contributed by atoms with van der Waals surface area (Å²) in [4.78, 5) is 28.1. The van der Waals surface area contributed by atoms with Crippen molar-refractivity contribution in [2.75, 3.05) is 5.32 Å². The lowest BCUT2D eigenvalue weighted by Gasteiger charge is -2.09. The average Bonchev–Trinajstić information content (AvgIpc) is 3.39. The molecule has 0 radical (unpaired) electrons. The number of nitro groups is 1. The third kappa shape index (κ3) is 5.99. The average molecular weight is 537 g/mol. The Hall–Kier alpha value is -6.49. The number of benzene rings is 4. The molecular formula is C31H20N8O2. The van der Waals surface area contributed by atoms with Gasteiger partial charge in [0.15, 0.2) is 17.1 Å². The molecule has 1 N–H and O–H groups in total. The van der Waals surface area contributed by atoms with Gasteiger partial charge in [-0.15, -0.1) is 0 Å². The minimum atomic E-state index is -0.569. The molecule has 0 saturated carbocycles. The topological polar surface area (TPSA) is 90.4 Å². The second-order valence-corrected chi connectivity index (χ2v) is 8.84. The Morgan fingerprint density at radius 2 is 1.37 bits per heavy atom. The zero-order valence-corrected chi connectivity index (χ0v) is 22.0. The van der Waals surface area contributed by atoms with Crippen molar-refractivity contribution in [3.05, 3.63) is 146 Å². The van der Waals surface area contributed by atoms with Gasteiger partial charge < -0.3 is 9.88 Å². The number of fused-ring (bicyclic) bond motifs is 1. The Bertz CT molecular complexity index is 1980. The molecule has 10 nitrogen and oxygen atoms in total. The van der Waals surface area contributed by atoms with Crippen LogP contribution in [-0.4, -0.2) is 14.5 Å². The van der Waals surface area contributed by atoms with Crippen LogP contribution in [0.5, 0.6) is 0 Å². The van der Waals surface area contributed by atoms with Crippen molar-refractivity contribution in [1.29, 1.82) is 0 Å². The summed E-state index contributed by atoms with van der Waals surface area (Å²) >= 11 is 0. The molecule has 4 aromatic carbocycles. The van der Waals surface area contributed by atoms with Gasteiger partial charge in [0, 0.05) is 17.4 Å². The molecule has 0 aliphatic rings. The molecule has 0 fully saturated rings. The van der Waals surface area contributed by atoms with E-state index in [1.165, 1.54) is 6.07 Å². The third-order valence-corrected chi connectivity index (χ3v) is 5.99. The number of nitrogens with zero attached hydrogens (tertiary/aromatic N) is 7. The highest BCUT2D eigenvalue weighted by Gasteiger charge is 2.18. The Morgan fingerprint density at radius 1 is 0.780 bits per heavy atom. The van der Waals surface area contributed by atoms with Crippen LogP contribution in [0.4, 0.5) is 39.8 Å². The first kappa shape index (κ1) is 27.5. The first-order valence-corrected chi connectivity index (χ1v) is 12.0. The van der Waals surface area contributed by atoms with Gasteiger partial charge in [0.1, 0.15) is 12.0 Å². The summed E-state index contributed by atoms with van der Waals surface area (Å²) in [6.45, 7) is 32.3. The molecule has 1 aromatic heterocycles. The van der Waals surface area contributed by atoms with E-state index in [0.29, 0.717) is 17.1 Å². The van der Waals surface area contributed by atoms with Crippen molar-refractivity contribution in [3.8, 4) is 5.69 Å². The van der Waals surface area contributed by atoms with Gasteiger partial charge in [-0.2, -0.15) is 0 Å². The van der Waals surface area contributed by atoms with Gasteiger partial charge in [-0.05, 0) is 67.4 Å². The first-order chi connectivity index (χ1) is 19.8. The Balaban J connectivity index is 0.000000189. The summed E-state index contributed by atoms with van der Waals surface area (Å²) in [7, 11) is 0. The van der Waals surface area contributed by atoms with Crippen molar-refractivity contribution in [2.45, 2.75) is 13.8 Å². The number of hydrogen-bond donors (Lipinski definition) is 1. The number of hydrogen-bond acceptors (Lipinski definition) is 4. The Labute approximate surface area is 236 Å². The molecule has 10 heteroatoms. The molecule has 0 saturated heterocycles. The van der Waals surface area contributed by atoms with Crippen LogP contribution >= 0.6 is 0 Å². The molecule has 196 valence electrons. The predicted molar refractivity (Wildman–Crippen MR) is 158 cm³/mol. The van der Waals surface area contributed by atoms with E-state index in [0.717, 1.165) is 33.9 Å². The van der Waals surface area contributed by atoms with Gasteiger partial charge in [0.2, 0.25) is 5.69 Å². The van der Waals surface area contributed by atoms with E-state index >= 15 is 0 Å². The highest BCUT2D eigenvalue weighted by molar-refractivity contribution is 5.89. The van der Waals surface area contributed by atoms with E-state index in [9.17, 15) is 10.1 Å². The molecule has 0 aliphatic carbocycles. The summed E-state index contributed by atoms with van der Waals surface area (Å²) < 4.78 is 1.94. The van der Waals surface area contributed by atoms with E-state index in [1.807, 2.05) is 54.8 Å². The molecule has 0 spiro atoms. The summed E-state index contributed by atoms with van der Waals surface area (Å²) in [6, 6.07) is 21.3. The van der Waals surface area contributed by atoms with Crippen LogP contribution < -0.4 is 5.32 Å². The number of aromatic nitrogens is 2. The molecule has 0 atom stereocenters. The summed E-state index contributed by atoms with van der Waals surface area (Å²) in [6.07, 6.45) is 1.72. The minimum Gasteiger partial charge on any atom is -0.351 e. The highest BCUT2D eigenvalue weighted by Crippen LogP contribution is 2.39. The van der Waals surface area contributed by atoms with Gasteiger partial charge in [0.25, 0.3) is 5.69 Å². The van der Waals surface area contributed by atoms with Crippen molar-refractivity contribution in [2.24, 2.45) is 0 Å². The van der Waals surface area contributed by atoms with E-state index in [4.69, 9.17) is 26.3 Å². The largest absolute Gasteiger partial charge is 0.351 e. The normalized spacial score (nSPS) is 9.80. The van der Waals surface area contributed by atoms with Crippen molar-refractivity contribution in [3.63, 3.8) is 0 Å². The van der Waals surface area contributed by atoms with Crippen LogP contribution in [0.15, 0.2) is 79.1 Å². The zero-order chi connectivity index (χ0) is 29.5. The van der Waals surface area contributed by atoms with Crippen LogP contribution in [0.1, 0.15) is 11.1 Å². The number of nitrogens with one attached hydrogen (secondary N) is 1. The van der Waals surface area contributed by atoms with Crippen molar-refractivity contribution < 1.29 is 4.92 Å². The third-order valence-electron chi connectivity index (χ3n) is 5.99. The molecule has 0 bridgehead atoms.